The van der Waals surface area contributed by atoms with Crippen molar-refractivity contribution in [3.63, 3.8) is 0 Å². The molecular formula is C20H20O4. The van der Waals surface area contributed by atoms with Crippen LogP contribution in [0.4, 0.5) is 0 Å². The molecule has 124 valence electrons. The summed E-state index contributed by atoms with van der Waals surface area (Å²) in [7, 11) is 0. The monoisotopic (exact) mass is 324 g/mol. The van der Waals surface area contributed by atoms with Gasteiger partial charge in [-0.25, -0.2) is 4.79 Å². The number of rotatable bonds is 5. The smallest absolute Gasteiger partial charge is 0.340 e. The number of hydrogen-bond acceptors (Lipinski definition) is 3. The number of carboxylic acid groups (broad SMARTS) is 1. The molecule has 0 heterocycles. The molecule has 4 nitrogen and oxygen atoms in total. The van der Waals surface area contributed by atoms with Crippen molar-refractivity contribution in [1.29, 1.82) is 0 Å². The lowest BCUT2D eigenvalue weighted by molar-refractivity contribution is 0.0693. The highest BCUT2D eigenvalue weighted by atomic mass is 16.4. The Morgan fingerprint density at radius 1 is 1.04 bits per heavy atom. The largest absolute Gasteiger partial charge is 0.507 e. The van der Waals surface area contributed by atoms with Crippen LogP contribution in [0.25, 0.3) is 12.2 Å². The Balaban J connectivity index is 2.61. The number of hydrogen-bond donors (Lipinski definition) is 3. The van der Waals surface area contributed by atoms with E-state index < -0.39 is 11.7 Å². The maximum atomic E-state index is 11.6. The molecule has 24 heavy (non-hydrogen) atoms. The number of allylic oxidation sites excluding steroid dienone is 2. The van der Waals surface area contributed by atoms with Gasteiger partial charge in [-0.3, -0.25) is 0 Å². The molecule has 0 saturated heterocycles. The second-order valence-electron chi connectivity index (χ2n) is 5.72. The van der Waals surface area contributed by atoms with Gasteiger partial charge in [-0.15, -0.1) is 0 Å². The zero-order valence-corrected chi connectivity index (χ0v) is 13.7. The Hall–Kier alpha value is -3.01. The molecule has 3 N–H and O–H groups in total. The number of phenolic OH excluding ortho intramolecular Hbond substituents is 1. The van der Waals surface area contributed by atoms with Crippen LogP contribution in [0.3, 0.4) is 0 Å². The van der Waals surface area contributed by atoms with E-state index in [2.05, 4.69) is 0 Å². The first-order chi connectivity index (χ1) is 11.4. The minimum Gasteiger partial charge on any atom is -0.507 e. The first-order valence-corrected chi connectivity index (χ1v) is 7.57. The van der Waals surface area contributed by atoms with Crippen LogP contribution in [0.2, 0.25) is 0 Å². The van der Waals surface area contributed by atoms with Crippen LogP contribution in [0.5, 0.6) is 11.5 Å². The molecule has 0 saturated carbocycles. The molecule has 0 fully saturated rings. The summed E-state index contributed by atoms with van der Waals surface area (Å²) in [6.45, 7) is 3.85. The Labute approximate surface area is 141 Å². The Morgan fingerprint density at radius 3 is 2.29 bits per heavy atom. The molecule has 0 aliphatic rings. The molecule has 0 atom stereocenters. The van der Waals surface area contributed by atoms with Crippen LogP contribution in [-0.4, -0.2) is 21.3 Å². The molecule has 0 radical (unpaired) electrons. The van der Waals surface area contributed by atoms with Crippen molar-refractivity contribution in [2.24, 2.45) is 0 Å². The van der Waals surface area contributed by atoms with Gasteiger partial charge in [-0.2, -0.15) is 0 Å². The van der Waals surface area contributed by atoms with Crippen molar-refractivity contribution in [1.82, 2.24) is 0 Å². The van der Waals surface area contributed by atoms with Gasteiger partial charge in [0.2, 0.25) is 0 Å². The fourth-order valence-corrected chi connectivity index (χ4v) is 2.39. The van der Waals surface area contributed by atoms with Crippen molar-refractivity contribution >= 4 is 18.1 Å². The van der Waals surface area contributed by atoms with Gasteiger partial charge in [0.25, 0.3) is 0 Å². The van der Waals surface area contributed by atoms with Gasteiger partial charge in [-0.1, -0.05) is 54.1 Å². The number of phenols is 2. The quantitative estimate of drug-likeness (QED) is 0.560. The van der Waals surface area contributed by atoms with Gasteiger partial charge in [0.05, 0.1) is 0 Å². The Bertz CT molecular complexity index is 798. The topological polar surface area (TPSA) is 77.8 Å². The molecule has 0 spiro atoms. The molecule has 0 aromatic heterocycles. The van der Waals surface area contributed by atoms with Crippen LogP contribution < -0.4 is 0 Å². The standard InChI is InChI=1S/C20H20O4/c1-13(2)8-10-15-16(11-9-14-6-4-3-5-7-14)19(20(23)24)18(22)12-17(15)21/h3-9,11-12,21-22H,10H2,1-2H3,(H,23,24). The summed E-state index contributed by atoms with van der Waals surface area (Å²) >= 11 is 0. The highest BCUT2D eigenvalue weighted by Crippen LogP contribution is 2.34. The summed E-state index contributed by atoms with van der Waals surface area (Å²) < 4.78 is 0. The van der Waals surface area contributed by atoms with Crippen LogP contribution in [0.1, 0.15) is 40.9 Å². The maximum Gasteiger partial charge on any atom is 0.340 e. The summed E-state index contributed by atoms with van der Waals surface area (Å²) in [5.74, 6) is -1.81. The molecule has 2 aromatic rings. The molecule has 2 aromatic carbocycles. The summed E-state index contributed by atoms with van der Waals surface area (Å²) in [5.41, 5.74) is 2.51. The fraction of sp³-hybridized carbons (Fsp3) is 0.150. The number of carboxylic acids is 1. The van der Waals surface area contributed by atoms with E-state index in [0.717, 1.165) is 17.2 Å². The van der Waals surface area contributed by atoms with Gasteiger partial charge in [-0.05, 0) is 31.4 Å². The zero-order valence-electron chi connectivity index (χ0n) is 13.7. The zero-order chi connectivity index (χ0) is 17.7. The number of benzene rings is 2. The SMILES string of the molecule is CC(C)=CCc1c(O)cc(O)c(C(=O)O)c1C=Cc1ccccc1. The summed E-state index contributed by atoms with van der Waals surface area (Å²) in [5, 5.41) is 29.6. The lowest BCUT2D eigenvalue weighted by Gasteiger charge is -2.12. The van der Waals surface area contributed by atoms with Crippen molar-refractivity contribution in [3.05, 3.63) is 70.3 Å². The van der Waals surface area contributed by atoms with Gasteiger partial charge >= 0.3 is 5.97 Å². The molecule has 0 amide bonds. The van der Waals surface area contributed by atoms with Crippen molar-refractivity contribution in [2.45, 2.75) is 20.3 Å². The fourth-order valence-electron chi connectivity index (χ4n) is 2.39. The van der Waals surface area contributed by atoms with E-state index in [0.29, 0.717) is 17.5 Å². The van der Waals surface area contributed by atoms with E-state index in [4.69, 9.17) is 0 Å². The average Bonchev–Trinajstić information content (AvgIpc) is 2.52. The summed E-state index contributed by atoms with van der Waals surface area (Å²) in [6, 6.07) is 10.5. The van der Waals surface area contributed by atoms with E-state index >= 15 is 0 Å². The molecule has 0 aliphatic carbocycles. The summed E-state index contributed by atoms with van der Waals surface area (Å²) in [6.07, 6.45) is 5.65. The van der Waals surface area contributed by atoms with Crippen molar-refractivity contribution < 1.29 is 20.1 Å². The molecular weight excluding hydrogens is 304 g/mol. The average molecular weight is 324 g/mol. The maximum absolute atomic E-state index is 11.6. The lowest BCUT2D eigenvalue weighted by atomic mass is 9.95. The van der Waals surface area contributed by atoms with E-state index in [1.807, 2.05) is 50.3 Å². The number of carbonyl (C=O) groups is 1. The Morgan fingerprint density at radius 2 is 1.71 bits per heavy atom. The predicted octanol–water partition coefficient (Wildman–Crippen LogP) is 4.48. The van der Waals surface area contributed by atoms with Crippen molar-refractivity contribution in [2.75, 3.05) is 0 Å². The number of aromatic carboxylic acids is 1. The second kappa shape index (κ2) is 7.51. The van der Waals surface area contributed by atoms with Crippen LogP contribution in [-0.2, 0) is 6.42 Å². The first kappa shape index (κ1) is 17.3. The third-order valence-corrected chi connectivity index (χ3v) is 3.60. The summed E-state index contributed by atoms with van der Waals surface area (Å²) in [4.78, 5) is 11.6. The number of aromatic hydroxyl groups is 2. The third-order valence-electron chi connectivity index (χ3n) is 3.60. The predicted molar refractivity (Wildman–Crippen MR) is 95.2 cm³/mol. The van der Waals surface area contributed by atoms with Crippen LogP contribution in [0, 0.1) is 0 Å². The minimum absolute atomic E-state index is 0.122. The second-order valence-corrected chi connectivity index (χ2v) is 5.72. The normalized spacial score (nSPS) is 10.8. The molecule has 0 bridgehead atoms. The van der Waals surface area contributed by atoms with Gasteiger partial charge < -0.3 is 15.3 Å². The van der Waals surface area contributed by atoms with Crippen LogP contribution >= 0.6 is 0 Å². The first-order valence-electron chi connectivity index (χ1n) is 7.57. The molecule has 0 aliphatic heterocycles. The molecule has 2 rings (SSSR count). The highest BCUT2D eigenvalue weighted by molar-refractivity contribution is 5.97. The van der Waals surface area contributed by atoms with Crippen LogP contribution in [0.15, 0.2) is 48.0 Å². The van der Waals surface area contributed by atoms with E-state index in [1.165, 1.54) is 0 Å². The van der Waals surface area contributed by atoms with Crippen molar-refractivity contribution in [3.8, 4) is 11.5 Å². The molecule has 0 unspecified atom stereocenters. The van der Waals surface area contributed by atoms with E-state index in [-0.39, 0.29) is 11.3 Å². The van der Waals surface area contributed by atoms with Gasteiger partial charge in [0.1, 0.15) is 17.1 Å². The van der Waals surface area contributed by atoms with E-state index in [1.54, 1.807) is 12.2 Å². The third kappa shape index (κ3) is 4.04. The lowest BCUT2D eigenvalue weighted by Crippen LogP contribution is -2.04. The van der Waals surface area contributed by atoms with Gasteiger partial charge in [0.15, 0.2) is 0 Å². The van der Waals surface area contributed by atoms with E-state index in [9.17, 15) is 20.1 Å². The highest BCUT2D eigenvalue weighted by Gasteiger charge is 2.20. The van der Waals surface area contributed by atoms with Gasteiger partial charge in [0, 0.05) is 11.6 Å². The Kier molecular flexibility index (Phi) is 5.42. The minimum atomic E-state index is -1.24. The molecule has 4 heteroatoms.